The molecule has 1 atom stereocenters. The van der Waals surface area contributed by atoms with Gasteiger partial charge in [0.15, 0.2) is 0 Å². The van der Waals surface area contributed by atoms with Gasteiger partial charge in [-0.1, -0.05) is 18.2 Å². The Morgan fingerprint density at radius 2 is 1.56 bits per heavy atom. The van der Waals surface area contributed by atoms with Crippen LogP contribution in [0.25, 0.3) is 0 Å². The van der Waals surface area contributed by atoms with Crippen molar-refractivity contribution in [1.29, 1.82) is 0 Å². The molecule has 2 aliphatic heterocycles. The van der Waals surface area contributed by atoms with Crippen LogP contribution in [0, 0.1) is 11.8 Å². The van der Waals surface area contributed by atoms with Crippen molar-refractivity contribution in [1.82, 2.24) is 9.80 Å². The van der Waals surface area contributed by atoms with Gasteiger partial charge in [-0.15, -0.1) is 36.6 Å². The van der Waals surface area contributed by atoms with E-state index in [1.165, 1.54) is 30.8 Å². The first-order valence-corrected chi connectivity index (χ1v) is 10.5. The smallest absolute Gasteiger partial charge is 0.240 e. The van der Waals surface area contributed by atoms with Crippen LogP contribution < -0.4 is 5.73 Å². The fourth-order valence-corrected chi connectivity index (χ4v) is 4.96. The molecule has 1 aromatic carbocycles. The van der Waals surface area contributed by atoms with E-state index in [-0.39, 0.29) is 30.7 Å². The van der Waals surface area contributed by atoms with Crippen LogP contribution in [0.3, 0.4) is 0 Å². The van der Waals surface area contributed by atoms with Gasteiger partial charge in [0.05, 0.1) is 6.04 Å². The van der Waals surface area contributed by atoms with E-state index in [2.05, 4.69) is 24.1 Å². The molecule has 0 bridgehead atoms. The first-order valence-electron chi connectivity index (χ1n) is 9.54. The summed E-state index contributed by atoms with van der Waals surface area (Å²) in [6.45, 7) is 4.23. The van der Waals surface area contributed by atoms with E-state index in [1.807, 2.05) is 23.1 Å². The van der Waals surface area contributed by atoms with Gasteiger partial charge in [0.1, 0.15) is 0 Å². The Bertz CT molecular complexity index is 547. The van der Waals surface area contributed by atoms with E-state index >= 15 is 0 Å². The molecule has 0 radical (unpaired) electrons. The number of halogens is 2. The molecule has 3 rings (SSSR count). The van der Waals surface area contributed by atoms with Crippen molar-refractivity contribution < 1.29 is 4.79 Å². The molecule has 7 heteroatoms. The van der Waals surface area contributed by atoms with Gasteiger partial charge in [-0.3, -0.25) is 4.79 Å². The molecule has 2 aliphatic rings. The highest BCUT2D eigenvalue weighted by Crippen LogP contribution is 2.32. The van der Waals surface area contributed by atoms with Gasteiger partial charge in [0.25, 0.3) is 0 Å². The normalized spacial score (nSPS) is 20.4. The number of piperidine rings is 2. The van der Waals surface area contributed by atoms with E-state index in [0.29, 0.717) is 5.75 Å². The molecule has 2 heterocycles. The minimum absolute atomic E-state index is 0. The van der Waals surface area contributed by atoms with Crippen LogP contribution in [0.2, 0.25) is 0 Å². The molecule has 154 valence electrons. The quantitative estimate of drug-likeness (QED) is 0.721. The van der Waals surface area contributed by atoms with Gasteiger partial charge < -0.3 is 15.5 Å². The molecule has 27 heavy (non-hydrogen) atoms. The molecule has 1 amide bonds. The molecule has 0 spiro atoms. The summed E-state index contributed by atoms with van der Waals surface area (Å²) in [5, 5.41) is 0. The number of thioether (sulfide) groups is 1. The van der Waals surface area contributed by atoms with E-state index in [0.717, 1.165) is 37.8 Å². The summed E-state index contributed by atoms with van der Waals surface area (Å²) in [5.74, 6) is 2.44. The number of hydrogen-bond donors (Lipinski definition) is 1. The zero-order chi connectivity index (χ0) is 17.6. The third-order valence-corrected chi connectivity index (χ3v) is 6.90. The van der Waals surface area contributed by atoms with Crippen molar-refractivity contribution in [3.63, 3.8) is 0 Å². The van der Waals surface area contributed by atoms with E-state index in [4.69, 9.17) is 5.73 Å². The lowest BCUT2D eigenvalue weighted by atomic mass is 9.79. The number of benzene rings is 1. The molecule has 4 nitrogen and oxygen atoms in total. The van der Waals surface area contributed by atoms with Crippen molar-refractivity contribution in [2.45, 2.75) is 36.6 Å². The number of carbonyl (C=O) groups excluding carboxylic acids is 1. The minimum atomic E-state index is -0.398. The van der Waals surface area contributed by atoms with Crippen LogP contribution in [0.1, 0.15) is 25.7 Å². The molecule has 0 unspecified atom stereocenters. The summed E-state index contributed by atoms with van der Waals surface area (Å²) in [5.41, 5.74) is 6.17. The average molecular weight is 434 g/mol. The van der Waals surface area contributed by atoms with Crippen molar-refractivity contribution >= 4 is 42.5 Å². The summed E-state index contributed by atoms with van der Waals surface area (Å²) in [6.07, 6.45) is 4.95. The fourth-order valence-electron chi connectivity index (χ4n) is 4.10. The first-order chi connectivity index (χ1) is 12.1. The molecular formula is C20H33Cl2N3OS. The molecule has 1 aromatic rings. The zero-order valence-electron chi connectivity index (χ0n) is 16.1. The third kappa shape index (κ3) is 7.13. The summed E-state index contributed by atoms with van der Waals surface area (Å²) < 4.78 is 0. The maximum Gasteiger partial charge on any atom is 0.240 e. The largest absolute Gasteiger partial charge is 0.341 e. The lowest BCUT2D eigenvalue weighted by Gasteiger charge is -2.40. The monoisotopic (exact) mass is 433 g/mol. The van der Waals surface area contributed by atoms with Gasteiger partial charge in [-0.05, 0) is 69.8 Å². The Labute approximate surface area is 180 Å². The number of likely N-dealkylation sites (tertiary alicyclic amines) is 2. The molecule has 0 aliphatic carbocycles. The summed E-state index contributed by atoms with van der Waals surface area (Å²) in [6, 6.07) is 9.77. The van der Waals surface area contributed by atoms with E-state index < -0.39 is 6.04 Å². The topological polar surface area (TPSA) is 49.6 Å². The SMILES string of the molecule is CN1CCC(C2CCN(C(=O)[C@H](N)CSc3ccccc3)CC2)CC1.Cl.Cl. The summed E-state index contributed by atoms with van der Waals surface area (Å²) >= 11 is 1.67. The predicted octanol–water partition coefficient (Wildman–Crippen LogP) is 3.53. The third-order valence-electron chi connectivity index (χ3n) is 5.77. The second-order valence-corrected chi connectivity index (χ2v) is 8.63. The fraction of sp³-hybridized carbons (Fsp3) is 0.650. The van der Waals surface area contributed by atoms with Crippen LogP contribution in [0.5, 0.6) is 0 Å². The van der Waals surface area contributed by atoms with E-state index in [9.17, 15) is 4.79 Å². The summed E-state index contributed by atoms with van der Waals surface area (Å²) in [4.78, 5) is 18.2. The number of amides is 1. The average Bonchev–Trinajstić information content (AvgIpc) is 2.67. The number of hydrogen-bond acceptors (Lipinski definition) is 4. The molecule has 0 aromatic heterocycles. The van der Waals surface area contributed by atoms with Crippen molar-refractivity contribution in [2.24, 2.45) is 17.6 Å². The van der Waals surface area contributed by atoms with Gasteiger partial charge in [-0.25, -0.2) is 0 Å². The molecule has 2 saturated heterocycles. The van der Waals surface area contributed by atoms with Crippen molar-refractivity contribution in [3.8, 4) is 0 Å². The lowest BCUT2D eigenvalue weighted by molar-refractivity contribution is -0.133. The Balaban J connectivity index is 0.00000182. The van der Waals surface area contributed by atoms with Gasteiger partial charge in [0.2, 0.25) is 5.91 Å². The number of nitrogens with two attached hydrogens (primary N) is 1. The Morgan fingerprint density at radius 1 is 1.04 bits per heavy atom. The maximum absolute atomic E-state index is 12.6. The van der Waals surface area contributed by atoms with Gasteiger partial charge >= 0.3 is 0 Å². The highest BCUT2D eigenvalue weighted by atomic mass is 35.5. The molecule has 2 fully saturated rings. The Hall–Kier alpha value is -0.460. The Kier molecular flexibility index (Phi) is 11.1. The van der Waals surface area contributed by atoms with Crippen LogP contribution >= 0.6 is 36.6 Å². The lowest BCUT2D eigenvalue weighted by Crippen LogP contribution is -2.49. The van der Waals surface area contributed by atoms with Crippen LogP contribution in [0.4, 0.5) is 0 Å². The van der Waals surface area contributed by atoms with Crippen molar-refractivity contribution in [3.05, 3.63) is 30.3 Å². The standard InChI is InChI=1S/C20H31N3OS.2ClH/c1-22-11-7-16(8-12-22)17-9-13-23(14-10-17)20(24)19(21)15-25-18-5-3-2-4-6-18;;/h2-6,16-17,19H,7-15,21H2,1H3;2*1H/t19-;;/m1../s1. The van der Waals surface area contributed by atoms with Crippen LogP contribution in [-0.2, 0) is 4.79 Å². The summed E-state index contributed by atoms with van der Waals surface area (Å²) in [7, 11) is 2.21. The first kappa shape index (κ1) is 24.6. The molecule has 2 N–H and O–H groups in total. The predicted molar refractivity (Wildman–Crippen MR) is 119 cm³/mol. The minimum Gasteiger partial charge on any atom is -0.341 e. The number of carbonyl (C=O) groups is 1. The van der Waals surface area contributed by atoms with Crippen LogP contribution in [0.15, 0.2) is 35.2 Å². The van der Waals surface area contributed by atoms with Crippen LogP contribution in [-0.4, -0.2) is 60.7 Å². The van der Waals surface area contributed by atoms with E-state index in [1.54, 1.807) is 11.8 Å². The molecule has 0 saturated carbocycles. The molecular weight excluding hydrogens is 401 g/mol. The van der Waals surface area contributed by atoms with Gasteiger partial charge in [0, 0.05) is 23.7 Å². The highest BCUT2D eigenvalue weighted by molar-refractivity contribution is 7.99. The second kappa shape index (κ2) is 12.2. The highest BCUT2D eigenvalue weighted by Gasteiger charge is 2.31. The number of rotatable bonds is 5. The number of nitrogens with zero attached hydrogens (tertiary/aromatic N) is 2. The Morgan fingerprint density at radius 3 is 2.11 bits per heavy atom. The second-order valence-electron chi connectivity index (χ2n) is 7.53. The zero-order valence-corrected chi connectivity index (χ0v) is 18.5. The maximum atomic E-state index is 12.6. The van der Waals surface area contributed by atoms with Crippen molar-refractivity contribution in [2.75, 3.05) is 39.0 Å². The van der Waals surface area contributed by atoms with Gasteiger partial charge in [-0.2, -0.15) is 0 Å².